The van der Waals surface area contributed by atoms with Crippen molar-refractivity contribution in [2.45, 2.75) is 156 Å². The van der Waals surface area contributed by atoms with Gasteiger partial charge in [0.2, 0.25) is 41.4 Å². The number of amides is 8. The third-order valence-corrected chi connectivity index (χ3v) is 11.4. The molecule has 0 radical (unpaired) electrons. The van der Waals surface area contributed by atoms with Crippen LogP contribution in [0.3, 0.4) is 0 Å². The molecule has 1 aromatic carbocycles. The van der Waals surface area contributed by atoms with Crippen LogP contribution in [0, 0.1) is 23.7 Å². The lowest BCUT2D eigenvalue weighted by Gasteiger charge is -2.49. The molecule has 1 aromatic rings. The quantitative estimate of drug-likeness (QED) is 0.0491. The Hall–Kier alpha value is -5.63. The van der Waals surface area contributed by atoms with E-state index in [0.29, 0.717) is 12.8 Å². The molecule has 370 valence electrons. The third kappa shape index (κ3) is 17.3. The highest BCUT2D eigenvalue weighted by molar-refractivity contribution is 6.00. The van der Waals surface area contributed by atoms with Gasteiger partial charge in [0, 0.05) is 32.4 Å². The number of carbonyl (C=O) groups is 9. The van der Waals surface area contributed by atoms with Crippen molar-refractivity contribution in [3.8, 4) is 0 Å². The maximum Gasteiger partial charge on any atom is 0.326 e. The lowest BCUT2D eigenvalue weighted by atomic mass is 9.81. The van der Waals surface area contributed by atoms with Crippen molar-refractivity contribution in [3.05, 3.63) is 35.9 Å². The molecule has 11 N–H and O–H groups in total. The summed E-state index contributed by atoms with van der Waals surface area (Å²) in [6.45, 7) is 17.0. The van der Waals surface area contributed by atoms with E-state index in [0.717, 1.165) is 5.56 Å². The number of nitrogens with zero attached hydrogens (tertiary/aromatic N) is 1. The minimum atomic E-state index is -1.54. The summed E-state index contributed by atoms with van der Waals surface area (Å²) in [5, 5.41) is 38.4. The Morgan fingerprint density at radius 2 is 1.21 bits per heavy atom. The average molecular weight is 930 g/mol. The zero-order valence-corrected chi connectivity index (χ0v) is 40.2. The summed E-state index contributed by atoms with van der Waals surface area (Å²) >= 11 is 0. The van der Waals surface area contributed by atoms with Crippen LogP contribution in [-0.4, -0.2) is 136 Å². The van der Waals surface area contributed by atoms with Crippen LogP contribution in [0.5, 0.6) is 0 Å². The fourth-order valence-electron chi connectivity index (χ4n) is 7.46. The molecule has 0 unspecified atom stereocenters. The van der Waals surface area contributed by atoms with Crippen LogP contribution in [0.2, 0.25) is 0 Å². The Morgan fingerprint density at radius 1 is 0.682 bits per heavy atom. The molecule has 1 aliphatic rings. The maximum absolute atomic E-state index is 14.0. The topological polar surface area (TPSA) is 308 Å². The number of hydrogen-bond acceptors (Lipinski definition) is 11. The molecule has 8 amide bonds. The Bertz CT molecular complexity index is 1840. The Labute approximate surface area is 388 Å². The van der Waals surface area contributed by atoms with E-state index in [1.807, 2.05) is 52.8 Å². The molecule has 0 saturated carbocycles. The van der Waals surface area contributed by atoms with Crippen LogP contribution in [0.15, 0.2) is 30.3 Å². The smallest absolute Gasteiger partial charge is 0.326 e. The number of hydrogen-bond donors (Lipinski definition) is 10. The zero-order valence-electron chi connectivity index (χ0n) is 40.2. The second-order valence-electron chi connectivity index (χ2n) is 18.6. The standard InChI is InChI=1S/C46H75N9O11/c1-11-28(8)37(42(62)50-33(22-26(4)5)41(61)53-38(30(10)56)43(63)52-36(27(6)7)44(64)65)51-35(58)18-20-55-24-46(45(55)66,23-31-15-13-12-14-16-31)54-39(59)29(9)48-40(60)32(21-25(2)3)49-34(57)17-19-47/h12-16,25-30,32-33,36-38,56H,11,17-24,47H2,1-10H3,(H,48,60)(H,49,57)(H,50,62)(H,51,58)(H,52,63)(H,53,61)(H,54,59)(H,64,65)/t28-,29+,30-,32+,33+,36+,37-,38+,46-/m1/s1. The molecule has 0 spiro atoms. The summed E-state index contributed by atoms with van der Waals surface area (Å²) in [5.41, 5.74) is 4.86. The number of carboxylic acid groups (broad SMARTS) is 1. The average Bonchev–Trinajstić information content (AvgIpc) is 3.23. The van der Waals surface area contributed by atoms with Gasteiger partial charge in [0.1, 0.15) is 41.8 Å². The summed E-state index contributed by atoms with van der Waals surface area (Å²) in [6.07, 6.45) is -0.596. The fraction of sp³-hybridized carbons (Fsp3) is 0.674. The summed E-state index contributed by atoms with van der Waals surface area (Å²) in [4.78, 5) is 120. The number of aliphatic carboxylic acids is 1. The van der Waals surface area contributed by atoms with E-state index >= 15 is 0 Å². The SMILES string of the molecule is CC[C@@H](C)[C@@H](NC(=O)CCN1C[C@@](Cc2ccccc2)(NC(=O)[C@H](C)NC(=O)[C@H](CC(C)C)NC(=O)CCN)C1=O)C(=O)N[C@@H](CC(C)C)C(=O)N[C@H](C(=O)N[C@H](C(=O)O)C(C)C)[C@@H](C)O. The molecule has 20 heteroatoms. The van der Waals surface area contributed by atoms with Crippen LogP contribution in [0.4, 0.5) is 0 Å². The van der Waals surface area contributed by atoms with Gasteiger partial charge in [-0.15, -0.1) is 0 Å². The van der Waals surface area contributed by atoms with E-state index in [9.17, 15) is 53.4 Å². The van der Waals surface area contributed by atoms with Gasteiger partial charge in [-0.05, 0) is 55.9 Å². The number of aliphatic hydroxyl groups is 1. The highest BCUT2D eigenvalue weighted by Gasteiger charge is 2.53. The molecule has 1 fully saturated rings. The largest absolute Gasteiger partial charge is 0.480 e. The first kappa shape index (κ1) is 56.5. The zero-order chi connectivity index (χ0) is 50.1. The molecule has 2 rings (SSSR count). The van der Waals surface area contributed by atoms with Crippen molar-refractivity contribution < 1.29 is 53.4 Å². The van der Waals surface area contributed by atoms with Crippen molar-refractivity contribution in [1.82, 2.24) is 42.1 Å². The maximum atomic E-state index is 14.0. The summed E-state index contributed by atoms with van der Waals surface area (Å²) < 4.78 is 0. The normalized spacial score (nSPS) is 18.3. The number of carbonyl (C=O) groups excluding carboxylic acids is 8. The van der Waals surface area contributed by atoms with Gasteiger partial charge < -0.3 is 58.1 Å². The Morgan fingerprint density at radius 3 is 1.71 bits per heavy atom. The van der Waals surface area contributed by atoms with Gasteiger partial charge in [0.15, 0.2) is 0 Å². The molecule has 1 aliphatic heterocycles. The van der Waals surface area contributed by atoms with E-state index in [1.165, 1.54) is 18.7 Å². The van der Waals surface area contributed by atoms with Gasteiger partial charge >= 0.3 is 5.97 Å². The second-order valence-corrected chi connectivity index (χ2v) is 18.6. The third-order valence-electron chi connectivity index (χ3n) is 11.4. The van der Waals surface area contributed by atoms with Crippen LogP contribution in [0.25, 0.3) is 0 Å². The number of nitrogens with one attached hydrogen (secondary N) is 7. The van der Waals surface area contributed by atoms with Crippen LogP contribution < -0.4 is 43.0 Å². The van der Waals surface area contributed by atoms with Gasteiger partial charge in [-0.2, -0.15) is 0 Å². The molecule has 20 nitrogen and oxygen atoms in total. The van der Waals surface area contributed by atoms with Crippen molar-refractivity contribution >= 4 is 53.2 Å². The monoisotopic (exact) mass is 930 g/mol. The number of carboxylic acids is 1. The minimum Gasteiger partial charge on any atom is -0.480 e. The van der Waals surface area contributed by atoms with Gasteiger partial charge in [-0.3, -0.25) is 38.4 Å². The van der Waals surface area contributed by atoms with E-state index < -0.39 is 113 Å². The summed E-state index contributed by atoms with van der Waals surface area (Å²) in [5.74, 6) is -7.30. The lowest BCUT2D eigenvalue weighted by molar-refractivity contribution is -0.157. The van der Waals surface area contributed by atoms with Crippen molar-refractivity contribution in [1.29, 1.82) is 0 Å². The lowest BCUT2D eigenvalue weighted by Crippen LogP contribution is -2.76. The van der Waals surface area contributed by atoms with Crippen LogP contribution >= 0.6 is 0 Å². The van der Waals surface area contributed by atoms with E-state index in [-0.39, 0.29) is 57.2 Å². The molecule has 9 atom stereocenters. The first-order valence-electron chi connectivity index (χ1n) is 22.9. The number of β-lactam (4-membered cyclic amide) rings is 1. The minimum absolute atomic E-state index is 0.0305. The summed E-state index contributed by atoms with van der Waals surface area (Å²) in [7, 11) is 0. The molecular weight excluding hydrogens is 855 g/mol. The van der Waals surface area contributed by atoms with Crippen molar-refractivity contribution in [2.75, 3.05) is 19.6 Å². The molecule has 0 bridgehead atoms. The van der Waals surface area contributed by atoms with E-state index in [1.54, 1.807) is 32.9 Å². The molecular formula is C46H75N9O11. The Balaban J connectivity index is 2.20. The van der Waals surface area contributed by atoms with Crippen LogP contribution in [0.1, 0.15) is 107 Å². The molecule has 1 heterocycles. The molecule has 1 saturated heterocycles. The molecule has 66 heavy (non-hydrogen) atoms. The van der Waals surface area contributed by atoms with Crippen LogP contribution in [-0.2, 0) is 49.6 Å². The molecule has 0 aliphatic carbocycles. The number of aliphatic hydroxyl groups excluding tert-OH is 1. The first-order valence-corrected chi connectivity index (χ1v) is 22.9. The number of likely N-dealkylation sites (tertiary alicyclic amines) is 1. The Kier molecular flexibility index (Phi) is 22.7. The van der Waals surface area contributed by atoms with Crippen molar-refractivity contribution in [2.24, 2.45) is 29.4 Å². The highest BCUT2D eigenvalue weighted by atomic mass is 16.4. The predicted molar refractivity (Wildman–Crippen MR) is 246 cm³/mol. The predicted octanol–water partition coefficient (Wildman–Crippen LogP) is -0.146. The van der Waals surface area contributed by atoms with Gasteiger partial charge in [-0.25, -0.2) is 4.79 Å². The van der Waals surface area contributed by atoms with E-state index in [2.05, 4.69) is 37.2 Å². The number of benzene rings is 1. The number of nitrogens with two attached hydrogens (primary N) is 1. The fourth-order valence-corrected chi connectivity index (χ4v) is 7.46. The first-order chi connectivity index (χ1) is 30.9. The van der Waals surface area contributed by atoms with Gasteiger partial charge in [0.05, 0.1) is 12.6 Å². The van der Waals surface area contributed by atoms with Crippen molar-refractivity contribution in [3.63, 3.8) is 0 Å². The van der Waals surface area contributed by atoms with Gasteiger partial charge in [-0.1, -0.05) is 92.1 Å². The highest BCUT2D eigenvalue weighted by Crippen LogP contribution is 2.28. The molecule has 0 aromatic heterocycles. The van der Waals surface area contributed by atoms with Gasteiger partial charge in [0.25, 0.3) is 5.91 Å². The second kappa shape index (κ2) is 26.5. The van der Waals surface area contributed by atoms with E-state index in [4.69, 9.17) is 5.73 Å². The summed E-state index contributed by atoms with van der Waals surface area (Å²) in [6, 6.07) is 1.88. The number of rotatable bonds is 28.